The van der Waals surface area contributed by atoms with Crippen LogP contribution in [0.5, 0.6) is 0 Å². The van der Waals surface area contributed by atoms with Crippen LogP contribution in [0, 0.1) is 0 Å². The van der Waals surface area contributed by atoms with E-state index in [1.54, 1.807) is 18.2 Å². The average Bonchev–Trinajstić information content (AvgIpc) is 3.13. The van der Waals surface area contributed by atoms with Gasteiger partial charge in [0.25, 0.3) is 11.4 Å². The van der Waals surface area contributed by atoms with Gasteiger partial charge in [0.1, 0.15) is 5.52 Å². The Labute approximate surface area is 160 Å². The Morgan fingerprint density at radius 2 is 1.83 bits per heavy atom. The van der Waals surface area contributed by atoms with Crippen molar-refractivity contribution < 1.29 is 22.4 Å². The molecule has 0 spiro atoms. The molecule has 3 heterocycles. The summed E-state index contributed by atoms with van der Waals surface area (Å²) in [5.41, 5.74) is 4.15. The number of benzene rings is 1. The summed E-state index contributed by atoms with van der Waals surface area (Å²) in [6, 6.07) is 9.00. The molecule has 0 saturated heterocycles. The number of aromatic nitrogens is 3. The number of oxazole rings is 1. The summed E-state index contributed by atoms with van der Waals surface area (Å²) >= 11 is 0. The monoisotopic (exact) mass is 400 g/mol. The Morgan fingerprint density at radius 1 is 1.10 bits per heavy atom. The number of alkyl halides is 3. The van der Waals surface area contributed by atoms with Crippen LogP contribution in [0.2, 0.25) is 0 Å². The van der Waals surface area contributed by atoms with Gasteiger partial charge < -0.3 is 10.2 Å². The number of amides is 1. The van der Waals surface area contributed by atoms with Crippen LogP contribution in [-0.4, -0.2) is 20.4 Å². The minimum Gasteiger partial charge on any atom is -0.430 e. The zero-order chi connectivity index (χ0) is 20.8. The molecule has 0 aliphatic heterocycles. The van der Waals surface area contributed by atoms with Crippen molar-refractivity contribution >= 4 is 16.8 Å². The molecule has 3 aromatic heterocycles. The molecule has 1 amide bonds. The highest BCUT2D eigenvalue weighted by Gasteiger charge is 2.30. The fourth-order valence-electron chi connectivity index (χ4n) is 2.81. The molecule has 4 aromatic rings. The maximum Gasteiger partial charge on any atom is 0.416 e. The van der Waals surface area contributed by atoms with E-state index in [1.807, 2.05) is 0 Å². The van der Waals surface area contributed by atoms with Crippen molar-refractivity contribution in [1.82, 2.24) is 14.5 Å². The van der Waals surface area contributed by atoms with E-state index >= 15 is 0 Å². The number of pyridine rings is 2. The maximum absolute atomic E-state index is 12.8. The van der Waals surface area contributed by atoms with Crippen molar-refractivity contribution in [1.29, 1.82) is 0 Å². The van der Waals surface area contributed by atoms with Crippen molar-refractivity contribution in [2.75, 3.05) is 0 Å². The number of halogens is 3. The second-order valence-corrected chi connectivity index (χ2v) is 6.04. The van der Waals surface area contributed by atoms with E-state index in [0.29, 0.717) is 5.39 Å². The maximum atomic E-state index is 12.8. The second-order valence-electron chi connectivity index (χ2n) is 6.04. The molecule has 146 valence electrons. The highest BCUT2D eigenvalue weighted by molar-refractivity contribution is 5.89. The van der Waals surface area contributed by atoms with E-state index in [4.69, 9.17) is 10.2 Å². The summed E-state index contributed by atoms with van der Waals surface area (Å²) in [6.07, 6.45) is -1.66. The smallest absolute Gasteiger partial charge is 0.416 e. The minimum absolute atomic E-state index is 0.0788. The van der Waals surface area contributed by atoms with Gasteiger partial charge in [-0.2, -0.15) is 18.2 Å². The van der Waals surface area contributed by atoms with Crippen LogP contribution in [-0.2, 0) is 6.18 Å². The third-order valence-electron chi connectivity index (χ3n) is 4.19. The van der Waals surface area contributed by atoms with Gasteiger partial charge in [-0.3, -0.25) is 19.1 Å². The summed E-state index contributed by atoms with van der Waals surface area (Å²) in [5.74, 6) is -1.64. The fourth-order valence-corrected chi connectivity index (χ4v) is 2.81. The predicted molar refractivity (Wildman–Crippen MR) is 96.4 cm³/mol. The molecule has 7 nitrogen and oxygen atoms in total. The Morgan fingerprint density at radius 3 is 2.48 bits per heavy atom. The summed E-state index contributed by atoms with van der Waals surface area (Å²) in [5, 5.41) is 0.587. The summed E-state index contributed by atoms with van der Waals surface area (Å²) < 4.78 is 44.9. The summed E-state index contributed by atoms with van der Waals surface area (Å²) in [7, 11) is 0. The van der Waals surface area contributed by atoms with Crippen molar-refractivity contribution in [2.45, 2.75) is 6.18 Å². The first kappa shape index (κ1) is 18.4. The standard InChI is InChI=1S/C19H11F3N4O3/c20-19(21,22)12-5-3-11(4-6-12)14-16(25-17(29-14)15(23)27)26-9-7-10-2-1-8-24-13(10)18(26)28/h1-9H,(H2,23,27). The number of hydrogen-bond donors (Lipinski definition) is 1. The van der Waals surface area contributed by atoms with E-state index in [-0.39, 0.29) is 22.7 Å². The van der Waals surface area contributed by atoms with Crippen molar-refractivity contribution in [3.8, 4) is 17.1 Å². The largest absolute Gasteiger partial charge is 0.430 e. The number of primary amides is 1. The SMILES string of the molecule is NC(=O)c1nc(-n2ccc3cccnc3c2=O)c(-c2ccc(C(F)(F)F)cc2)o1. The van der Waals surface area contributed by atoms with E-state index in [0.717, 1.165) is 28.8 Å². The van der Waals surface area contributed by atoms with Crippen LogP contribution < -0.4 is 11.3 Å². The molecule has 1 aromatic carbocycles. The molecule has 0 fully saturated rings. The lowest BCUT2D eigenvalue weighted by molar-refractivity contribution is -0.137. The van der Waals surface area contributed by atoms with Gasteiger partial charge in [0.2, 0.25) is 0 Å². The van der Waals surface area contributed by atoms with Gasteiger partial charge in [-0.15, -0.1) is 0 Å². The Bertz CT molecular complexity index is 1290. The third kappa shape index (κ3) is 3.24. The normalized spacial score (nSPS) is 11.7. The van der Waals surface area contributed by atoms with Crippen LogP contribution in [0.1, 0.15) is 16.2 Å². The molecule has 29 heavy (non-hydrogen) atoms. The van der Waals surface area contributed by atoms with Gasteiger partial charge in [0.15, 0.2) is 11.6 Å². The quantitative estimate of drug-likeness (QED) is 0.569. The van der Waals surface area contributed by atoms with Gasteiger partial charge in [-0.1, -0.05) is 18.2 Å². The molecule has 0 aliphatic carbocycles. The van der Waals surface area contributed by atoms with Crippen molar-refractivity contribution in [3.05, 3.63) is 76.7 Å². The van der Waals surface area contributed by atoms with Gasteiger partial charge >= 0.3 is 12.1 Å². The molecular formula is C19H11F3N4O3. The van der Waals surface area contributed by atoms with E-state index in [9.17, 15) is 22.8 Å². The third-order valence-corrected chi connectivity index (χ3v) is 4.19. The minimum atomic E-state index is -4.51. The molecule has 4 rings (SSSR count). The lowest BCUT2D eigenvalue weighted by Crippen LogP contribution is -2.20. The number of carbonyl (C=O) groups excluding carboxylic acids is 1. The first-order chi connectivity index (χ1) is 13.8. The molecule has 2 N–H and O–H groups in total. The Balaban J connectivity index is 1.92. The van der Waals surface area contributed by atoms with Gasteiger partial charge in [0, 0.05) is 23.3 Å². The number of rotatable bonds is 3. The van der Waals surface area contributed by atoms with E-state index in [2.05, 4.69) is 9.97 Å². The van der Waals surface area contributed by atoms with Crippen LogP contribution in [0.3, 0.4) is 0 Å². The topological polar surface area (TPSA) is 104 Å². The lowest BCUT2D eigenvalue weighted by Gasteiger charge is -2.08. The Hall–Kier alpha value is -3.95. The summed E-state index contributed by atoms with van der Waals surface area (Å²) in [6.45, 7) is 0. The number of carbonyl (C=O) groups is 1. The van der Waals surface area contributed by atoms with Gasteiger partial charge in [-0.05, 0) is 24.3 Å². The van der Waals surface area contributed by atoms with Crippen LogP contribution in [0.4, 0.5) is 13.2 Å². The van der Waals surface area contributed by atoms with Crippen molar-refractivity contribution in [2.24, 2.45) is 5.73 Å². The second kappa shape index (κ2) is 6.59. The van der Waals surface area contributed by atoms with E-state index < -0.39 is 29.1 Å². The lowest BCUT2D eigenvalue weighted by atomic mass is 10.1. The van der Waals surface area contributed by atoms with Crippen molar-refractivity contribution in [3.63, 3.8) is 0 Å². The predicted octanol–water partition coefficient (Wildman–Crippen LogP) is 3.16. The van der Waals surface area contributed by atoms with Crippen LogP contribution >= 0.6 is 0 Å². The molecule has 0 radical (unpaired) electrons. The molecule has 0 atom stereocenters. The van der Waals surface area contributed by atoms with Gasteiger partial charge in [0.05, 0.1) is 5.56 Å². The molecule has 0 bridgehead atoms. The number of nitrogens with two attached hydrogens (primary N) is 1. The average molecular weight is 400 g/mol. The summed E-state index contributed by atoms with van der Waals surface area (Å²) in [4.78, 5) is 32.4. The first-order valence-electron chi connectivity index (χ1n) is 8.21. The Kier molecular flexibility index (Phi) is 4.18. The molecular weight excluding hydrogens is 389 g/mol. The zero-order valence-corrected chi connectivity index (χ0v) is 14.5. The number of hydrogen-bond acceptors (Lipinski definition) is 5. The molecule has 0 aliphatic rings. The number of nitrogens with zero attached hydrogens (tertiary/aromatic N) is 3. The van der Waals surface area contributed by atoms with E-state index in [1.165, 1.54) is 12.4 Å². The molecule has 10 heteroatoms. The zero-order valence-electron chi connectivity index (χ0n) is 14.5. The molecule has 0 unspecified atom stereocenters. The van der Waals surface area contributed by atoms with Gasteiger partial charge in [-0.25, -0.2) is 0 Å². The molecule has 0 saturated carbocycles. The first-order valence-corrected chi connectivity index (χ1v) is 8.21. The van der Waals surface area contributed by atoms with Crippen LogP contribution in [0.15, 0.2) is 64.1 Å². The van der Waals surface area contributed by atoms with Crippen LogP contribution in [0.25, 0.3) is 28.0 Å². The number of fused-ring (bicyclic) bond motifs is 1. The fraction of sp³-hybridized carbons (Fsp3) is 0.0526. The highest BCUT2D eigenvalue weighted by Crippen LogP contribution is 2.33. The highest BCUT2D eigenvalue weighted by atomic mass is 19.4.